The van der Waals surface area contributed by atoms with Gasteiger partial charge in [-0.2, -0.15) is 0 Å². The van der Waals surface area contributed by atoms with Crippen molar-refractivity contribution in [3.8, 4) is 0 Å². The SMILES string of the molecule is CNC(=O)[C@H]1CCC[C@]12CCN(Cc1ccc(F)cc1C)C2. The number of amides is 1. The van der Waals surface area contributed by atoms with E-state index in [9.17, 15) is 9.18 Å². The minimum absolute atomic E-state index is 0.161. The summed E-state index contributed by atoms with van der Waals surface area (Å²) in [6.07, 6.45) is 4.43. The van der Waals surface area contributed by atoms with Crippen LogP contribution in [0, 0.1) is 24.1 Å². The summed E-state index contributed by atoms with van der Waals surface area (Å²) in [4.78, 5) is 14.6. The fraction of sp³-hybridized carbons (Fsp3) is 0.611. The van der Waals surface area contributed by atoms with Gasteiger partial charge in [0.15, 0.2) is 0 Å². The molecule has 2 aliphatic rings. The molecule has 0 radical (unpaired) electrons. The largest absolute Gasteiger partial charge is 0.359 e. The molecule has 3 nitrogen and oxygen atoms in total. The third-order valence-electron chi connectivity index (χ3n) is 5.63. The van der Waals surface area contributed by atoms with Gasteiger partial charge in [-0.05, 0) is 61.4 Å². The number of nitrogens with one attached hydrogen (secondary N) is 1. The van der Waals surface area contributed by atoms with Gasteiger partial charge < -0.3 is 5.32 Å². The predicted molar refractivity (Wildman–Crippen MR) is 84.9 cm³/mol. The van der Waals surface area contributed by atoms with Gasteiger partial charge in [0.25, 0.3) is 0 Å². The van der Waals surface area contributed by atoms with Gasteiger partial charge in [-0.1, -0.05) is 12.5 Å². The number of carbonyl (C=O) groups is 1. The summed E-state index contributed by atoms with van der Waals surface area (Å²) in [6.45, 7) is 4.84. The third-order valence-corrected chi connectivity index (χ3v) is 5.63. The Morgan fingerprint density at radius 2 is 2.27 bits per heavy atom. The average molecular weight is 304 g/mol. The molecule has 1 aromatic carbocycles. The topological polar surface area (TPSA) is 32.3 Å². The number of aryl methyl sites for hydroxylation is 1. The molecule has 1 saturated carbocycles. The third kappa shape index (κ3) is 2.76. The molecule has 1 amide bonds. The van der Waals surface area contributed by atoms with Gasteiger partial charge in [0, 0.05) is 26.1 Å². The zero-order valence-corrected chi connectivity index (χ0v) is 13.5. The number of rotatable bonds is 3. The molecule has 1 heterocycles. The van der Waals surface area contributed by atoms with E-state index in [1.807, 2.05) is 13.0 Å². The molecule has 1 N–H and O–H groups in total. The summed E-state index contributed by atoms with van der Waals surface area (Å²) in [6, 6.07) is 5.03. The first kappa shape index (κ1) is 15.5. The van der Waals surface area contributed by atoms with Crippen LogP contribution in [0.2, 0.25) is 0 Å². The lowest BCUT2D eigenvalue weighted by atomic mass is 9.76. The van der Waals surface area contributed by atoms with Gasteiger partial charge >= 0.3 is 0 Å². The first-order valence-corrected chi connectivity index (χ1v) is 8.23. The van der Waals surface area contributed by atoms with Crippen LogP contribution in [0.5, 0.6) is 0 Å². The number of halogens is 1. The number of benzene rings is 1. The van der Waals surface area contributed by atoms with E-state index in [-0.39, 0.29) is 23.1 Å². The van der Waals surface area contributed by atoms with E-state index >= 15 is 0 Å². The van der Waals surface area contributed by atoms with Crippen LogP contribution in [0.4, 0.5) is 4.39 Å². The van der Waals surface area contributed by atoms with Crippen LogP contribution in [-0.2, 0) is 11.3 Å². The van der Waals surface area contributed by atoms with Crippen molar-refractivity contribution < 1.29 is 9.18 Å². The molecule has 1 aliphatic heterocycles. The number of nitrogens with zero attached hydrogens (tertiary/aromatic N) is 1. The number of hydrogen-bond donors (Lipinski definition) is 1. The molecule has 1 aromatic rings. The van der Waals surface area contributed by atoms with Gasteiger partial charge in [0.05, 0.1) is 0 Å². The Balaban J connectivity index is 1.70. The highest BCUT2D eigenvalue weighted by Gasteiger charge is 2.49. The van der Waals surface area contributed by atoms with Gasteiger partial charge in [-0.15, -0.1) is 0 Å². The summed E-state index contributed by atoms with van der Waals surface area (Å²) < 4.78 is 13.2. The minimum atomic E-state index is -0.172. The van der Waals surface area contributed by atoms with Gasteiger partial charge in [0.1, 0.15) is 5.82 Å². The van der Waals surface area contributed by atoms with Crippen molar-refractivity contribution in [2.75, 3.05) is 20.1 Å². The number of carbonyl (C=O) groups excluding carboxylic acids is 1. The highest BCUT2D eigenvalue weighted by Crippen LogP contribution is 2.50. The molecular formula is C18H25FN2O. The summed E-state index contributed by atoms with van der Waals surface area (Å²) in [7, 11) is 1.74. The van der Waals surface area contributed by atoms with Gasteiger partial charge in [0.2, 0.25) is 5.91 Å². The van der Waals surface area contributed by atoms with Crippen LogP contribution in [-0.4, -0.2) is 30.9 Å². The number of likely N-dealkylation sites (tertiary alicyclic amines) is 1. The van der Waals surface area contributed by atoms with E-state index in [0.29, 0.717) is 0 Å². The molecular weight excluding hydrogens is 279 g/mol. The smallest absolute Gasteiger partial charge is 0.223 e. The molecule has 0 aromatic heterocycles. The molecule has 2 fully saturated rings. The maximum Gasteiger partial charge on any atom is 0.223 e. The summed E-state index contributed by atoms with van der Waals surface area (Å²) in [5.41, 5.74) is 2.36. The van der Waals surface area contributed by atoms with E-state index < -0.39 is 0 Å². The van der Waals surface area contributed by atoms with E-state index in [0.717, 1.165) is 50.9 Å². The Labute approximate surface area is 131 Å². The fourth-order valence-electron chi connectivity index (χ4n) is 4.41. The second kappa shape index (κ2) is 5.99. The molecule has 1 saturated heterocycles. The standard InChI is InChI=1S/C18H25FN2O/c1-13-10-15(19)6-5-14(13)11-21-9-8-18(12-21)7-3-4-16(18)17(22)20-2/h5-6,10,16H,3-4,7-9,11-12H2,1-2H3,(H,20,22)/t16-,18-/m1/s1. The highest BCUT2D eigenvalue weighted by atomic mass is 19.1. The normalized spacial score (nSPS) is 28.4. The van der Waals surface area contributed by atoms with Crippen LogP contribution >= 0.6 is 0 Å². The molecule has 4 heteroatoms. The maximum absolute atomic E-state index is 13.2. The second-order valence-corrected chi connectivity index (χ2v) is 6.95. The molecule has 2 atom stereocenters. The van der Waals surface area contributed by atoms with E-state index in [1.54, 1.807) is 13.1 Å². The summed E-state index contributed by atoms with van der Waals surface area (Å²) in [5, 5.41) is 2.84. The molecule has 0 bridgehead atoms. The maximum atomic E-state index is 13.2. The molecule has 0 unspecified atom stereocenters. The Bertz CT molecular complexity index is 574. The lowest BCUT2D eigenvalue weighted by Gasteiger charge is -2.30. The monoisotopic (exact) mass is 304 g/mol. The molecule has 1 aliphatic carbocycles. The number of hydrogen-bond acceptors (Lipinski definition) is 2. The zero-order chi connectivity index (χ0) is 15.7. The van der Waals surface area contributed by atoms with Crippen molar-refractivity contribution in [2.24, 2.45) is 11.3 Å². The average Bonchev–Trinajstić information content (AvgIpc) is 3.09. The molecule has 3 rings (SSSR count). The van der Waals surface area contributed by atoms with Crippen LogP contribution < -0.4 is 5.32 Å². The minimum Gasteiger partial charge on any atom is -0.359 e. The van der Waals surface area contributed by atoms with Crippen LogP contribution in [0.15, 0.2) is 18.2 Å². The van der Waals surface area contributed by atoms with Gasteiger partial charge in [-0.25, -0.2) is 4.39 Å². The van der Waals surface area contributed by atoms with Crippen LogP contribution in [0.1, 0.15) is 36.8 Å². The predicted octanol–water partition coefficient (Wildman–Crippen LogP) is 2.87. The van der Waals surface area contributed by atoms with Crippen molar-refractivity contribution in [2.45, 2.75) is 39.2 Å². The van der Waals surface area contributed by atoms with Crippen molar-refractivity contribution in [1.29, 1.82) is 0 Å². The van der Waals surface area contributed by atoms with E-state index in [2.05, 4.69) is 10.2 Å². The van der Waals surface area contributed by atoms with Crippen molar-refractivity contribution in [3.05, 3.63) is 35.1 Å². The molecule has 22 heavy (non-hydrogen) atoms. The summed E-state index contributed by atoms with van der Waals surface area (Å²) >= 11 is 0. The summed E-state index contributed by atoms with van der Waals surface area (Å²) in [5.74, 6) is 0.198. The molecule has 120 valence electrons. The fourth-order valence-corrected chi connectivity index (χ4v) is 4.41. The van der Waals surface area contributed by atoms with Crippen molar-refractivity contribution in [3.63, 3.8) is 0 Å². The molecule has 1 spiro atoms. The van der Waals surface area contributed by atoms with Crippen molar-refractivity contribution in [1.82, 2.24) is 10.2 Å². The first-order valence-electron chi connectivity index (χ1n) is 8.23. The van der Waals surface area contributed by atoms with Crippen molar-refractivity contribution >= 4 is 5.91 Å². The van der Waals surface area contributed by atoms with E-state index in [1.165, 1.54) is 11.6 Å². The van der Waals surface area contributed by atoms with Gasteiger partial charge in [-0.3, -0.25) is 9.69 Å². The Kier molecular flexibility index (Phi) is 4.22. The Hall–Kier alpha value is -1.42. The second-order valence-electron chi connectivity index (χ2n) is 6.95. The zero-order valence-electron chi connectivity index (χ0n) is 13.5. The lowest BCUT2D eigenvalue weighted by molar-refractivity contribution is -0.127. The van der Waals surface area contributed by atoms with E-state index in [4.69, 9.17) is 0 Å². The van der Waals surface area contributed by atoms with Crippen LogP contribution in [0.3, 0.4) is 0 Å². The van der Waals surface area contributed by atoms with Crippen LogP contribution in [0.25, 0.3) is 0 Å². The quantitative estimate of drug-likeness (QED) is 0.931. The Morgan fingerprint density at radius 1 is 1.45 bits per heavy atom. The highest BCUT2D eigenvalue weighted by molar-refractivity contribution is 5.79. The lowest BCUT2D eigenvalue weighted by Crippen LogP contribution is -2.39. The Morgan fingerprint density at radius 3 is 3.00 bits per heavy atom. The first-order chi connectivity index (χ1) is 10.5.